The Morgan fingerprint density at radius 3 is 2.84 bits per heavy atom. The maximum absolute atomic E-state index is 5.94. The molecule has 0 aliphatic rings. The van der Waals surface area contributed by atoms with E-state index in [0.717, 1.165) is 29.9 Å². The summed E-state index contributed by atoms with van der Waals surface area (Å²) in [6.45, 7) is 4.37. The van der Waals surface area contributed by atoms with Crippen molar-refractivity contribution in [1.82, 2.24) is 9.55 Å². The third kappa shape index (κ3) is 2.92. The molecule has 0 N–H and O–H groups in total. The molecule has 2 rings (SSSR count). The van der Waals surface area contributed by atoms with Crippen molar-refractivity contribution in [1.29, 1.82) is 0 Å². The van der Waals surface area contributed by atoms with Crippen molar-refractivity contribution in [3.63, 3.8) is 0 Å². The van der Waals surface area contributed by atoms with Gasteiger partial charge in [-0.3, -0.25) is 0 Å². The van der Waals surface area contributed by atoms with Gasteiger partial charge in [-0.1, -0.05) is 19.1 Å². The van der Waals surface area contributed by atoms with Gasteiger partial charge in [-0.2, -0.15) is 11.8 Å². The topological polar surface area (TPSA) is 17.8 Å². The predicted octanol–water partition coefficient (Wildman–Crippen LogP) is 4.44. The summed E-state index contributed by atoms with van der Waals surface area (Å²) in [5.41, 5.74) is 3.62. The smallest absolute Gasteiger partial charge is 0.111 e. The van der Waals surface area contributed by atoms with Gasteiger partial charge in [0.25, 0.3) is 0 Å². The van der Waals surface area contributed by atoms with Crippen molar-refractivity contribution in [2.75, 3.05) is 17.9 Å². The maximum Gasteiger partial charge on any atom is 0.111 e. The van der Waals surface area contributed by atoms with Crippen LogP contribution in [0.4, 0.5) is 0 Å². The average Bonchev–Trinajstić information content (AvgIpc) is 2.76. The Morgan fingerprint density at radius 1 is 1.42 bits per heavy atom. The number of aromatic nitrogens is 2. The molecule has 2 aromatic rings. The molecule has 0 spiro atoms. The minimum Gasteiger partial charge on any atom is -0.324 e. The van der Waals surface area contributed by atoms with Crippen LogP contribution in [0.2, 0.25) is 0 Å². The lowest BCUT2D eigenvalue weighted by Gasteiger charge is -2.19. The van der Waals surface area contributed by atoms with E-state index in [1.54, 1.807) is 0 Å². The number of halogens is 1. The molecule has 4 heteroatoms. The van der Waals surface area contributed by atoms with Crippen LogP contribution in [-0.4, -0.2) is 27.4 Å². The zero-order chi connectivity index (χ0) is 13.8. The molecule has 0 amide bonds. The summed E-state index contributed by atoms with van der Waals surface area (Å²) in [5.74, 6) is 2.86. The van der Waals surface area contributed by atoms with Crippen LogP contribution in [0.3, 0.4) is 0 Å². The number of rotatable bonds is 6. The lowest BCUT2D eigenvalue weighted by molar-refractivity contribution is 0.533. The lowest BCUT2D eigenvalue weighted by Crippen LogP contribution is -2.14. The maximum atomic E-state index is 5.94. The van der Waals surface area contributed by atoms with Crippen LogP contribution >= 0.6 is 23.4 Å². The number of benzene rings is 1. The third-order valence-electron chi connectivity index (χ3n) is 3.51. The number of hydrogen-bond acceptors (Lipinski definition) is 2. The van der Waals surface area contributed by atoms with E-state index in [9.17, 15) is 0 Å². The fourth-order valence-electron chi connectivity index (χ4n) is 2.54. The van der Waals surface area contributed by atoms with E-state index in [0.29, 0.717) is 11.9 Å². The molecule has 1 aromatic carbocycles. The zero-order valence-electron chi connectivity index (χ0n) is 11.8. The van der Waals surface area contributed by atoms with Gasteiger partial charge in [0.15, 0.2) is 0 Å². The number of fused-ring (bicyclic) bond motifs is 1. The average molecular weight is 297 g/mol. The highest BCUT2D eigenvalue weighted by Gasteiger charge is 2.18. The molecule has 1 aromatic heterocycles. The minimum atomic E-state index is 0.500. The van der Waals surface area contributed by atoms with E-state index >= 15 is 0 Å². The van der Waals surface area contributed by atoms with E-state index in [1.807, 2.05) is 11.8 Å². The molecule has 0 saturated carbocycles. The van der Waals surface area contributed by atoms with E-state index in [-0.39, 0.29) is 0 Å². The third-order valence-corrected chi connectivity index (χ3v) is 4.42. The van der Waals surface area contributed by atoms with Gasteiger partial charge in [0.05, 0.1) is 11.0 Å². The molecule has 2 nitrogen and oxygen atoms in total. The second kappa shape index (κ2) is 6.67. The highest BCUT2D eigenvalue weighted by molar-refractivity contribution is 7.98. The van der Waals surface area contributed by atoms with Crippen LogP contribution in [0.15, 0.2) is 18.2 Å². The fourth-order valence-corrected chi connectivity index (χ4v) is 3.48. The van der Waals surface area contributed by atoms with E-state index in [4.69, 9.17) is 16.6 Å². The summed E-state index contributed by atoms with van der Waals surface area (Å²) in [6.07, 6.45) is 4.12. The first kappa shape index (κ1) is 14.7. The van der Waals surface area contributed by atoms with Crippen LogP contribution in [0.1, 0.15) is 30.8 Å². The van der Waals surface area contributed by atoms with Gasteiger partial charge in [0.1, 0.15) is 5.82 Å². The quantitative estimate of drug-likeness (QED) is 0.733. The predicted molar refractivity (Wildman–Crippen MR) is 86.6 cm³/mol. The van der Waals surface area contributed by atoms with Gasteiger partial charge < -0.3 is 4.57 Å². The number of hydrogen-bond donors (Lipinski definition) is 0. The van der Waals surface area contributed by atoms with Crippen molar-refractivity contribution in [2.24, 2.45) is 0 Å². The second-order valence-electron chi connectivity index (χ2n) is 4.80. The Hall–Kier alpha value is -0.670. The molecule has 19 heavy (non-hydrogen) atoms. The minimum absolute atomic E-state index is 0.500. The molecule has 1 atom stereocenters. The molecule has 0 aliphatic carbocycles. The first-order chi connectivity index (χ1) is 9.22. The molecule has 1 unspecified atom stereocenters. The standard InChI is InChI=1S/C15H21ClN2S/c1-4-12(10-19-3)18-13-7-5-6-11(2)15(13)17-14(18)8-9-16/h5-7,12H,4,8-10H2,1-3H3. The Morgan fingerprint density at radius 2 is 2.21 bits per heavy atom. The number of aryl methyl sites for hydroxylation is 2. The van der Waals surface area contributed by atoms with Gasteiger partial charge in [-0.25, -0.2) is 4.98 Å². The molecule has 104 valence electrons. The van der Waals surface area contributed by atoms with E-state index < -0.39 is 0 Å². The fraction of sp³-hybridized carbons (Fsp3) is 0.533. The molecule has 0 aliphatic heterocycles. The Balaban J connectivity index is 2.60. The Kier molecular flexibility index (Phi) is 5.17. The van der Waals surface area contributed by atoms with Gasteiger partial charge in [-0.05, 0) is 31.2 Å². The summed E-state index contributed by atoms with van der Waals surface area (Å²) < 4.78 is 2.40. The van der Waals surface area contributed by atoms with Crippen molar-refractivity contribution in [2.45, 2.75) is 32.7 Å². The van der Waals surface area contributed by atoms with Crippen molar-refractivity contribution >= 4 is 34.4 Å². The van der Waals surface area contributed by atoms with Crippen molar-refractivity contribution in [3.8, 4) is 0 Å². The number of thioether (sulfide) groups is 1. The van der Waals surface area contributed by atoms with Crippen LogP contribution in [-0.2, 0) is 6.42 Å². The molecule has 0 saturated heterocycles. The molecular weight excluding hydrogens is 276 g/mol. The van der Waals surface area contributed by atoms with Gasteiger partial charge >= 0.3 is 0 Å². The number of para-hydroxylation sites is 1. The largest absolute Gasteiger partial charge is 0.324 e. The summed E-state index contributed by atoms with van der Waals surface area (Å²) in [7, 11) is 0. The van der Waals surface area contributed by atoms with Gasteiger partial charge in [-0.15, -0.1) is 11.6 Å². The van der Waals surface area contributed by atoms with Crippen LogP contribution < -0.4 is 0 Å². The summed E-state index contributed by atoms with van der Waals surface area (Å²) in [6, 6.07) is 6.92. The summed E-state index contributed by atoms with van der Waals surface area (Å²) in [5, 5.41) is 0. The number of nitrogens with zero attached hydrogens (tertiary/aromatic N) is 2. The zero-order valence-corrected chi connectivity index (χ0v) is 13.4. The molecule has 0 fully saturated rings. The molecule has 0 radical (unpaired) electrons. The monoisotopic (exact) mass is 296 g/mol. The van der Waals surface area contributed by atoms with Crippen molar-refractivity contribution in [3.05, 3.63) is 29.6 Å². The molecular formula is C15H21ClN2S. The van der Waals surface area contributed by atoms with Gasteiger partial charge in [0, 0.05) is 24.1 Å². The first-order valence-corrected chi connectivity index (χ1v) is 8.67. The highest BCUT2D eigenvalue weighted by Crippen LogP contribution is 2.27. The SMILES string of the molecule is CCC(CSC)n1c(CCCl)nc2c(C)cccc21. The molecule has 0 bridgehead atoms. The van der Waals surface area contributed by atoms with E-state index in [1.165, 1.54) is 11.1 Å². The molecule has 1 heterocycles. The van der Waals surface area contributed by atoms with Crippen LogP contribution in [0.25, 0.3) is 11.0 Å². The number of alkyl halides is 1. The van der Waals surface area contributed by atoms with Crippen molar-refractivity contribution < 1.29 is 0 Å². The summed E-state index contributed by atoms with van der Waals surface area (Å²) >= 11 is 7.83. The second-order valence-corrected chi connectivity index (χ2v) is 6.09. The number of imidazole rings is 1. The lowest BCUT2D eigenvalue weighted by atomic mass is 10.2. The first-order valence-electron chi connectivity index (χ1n) is 6.74. The Bertz CT molecular complexity index is 550. The summed E-state index contributed by atoms with van der Waals surface area (Å²) in [4.78, 5) is 4.82. The normalized spacial score (nSPS) is 13.1. The Labute approximate surface area is 124 Å². The van der Waals surface area contributed by atoms with Crippen LogP contribution in [0, 0.1) is 6.92 Å². The van der Waals surface area contributed by atoms with Gasteiger partial charge in [0.2, 0.25) is 0 Å². The van der Waals surface area contributed by atoms with E-state index in [2.05, 4.69) is 42.9 Å². The highest BCUT2D eigenvalue weighted by atomic mass is 35.5. The van der Waals surface area contributed by atoms with Crippen LogP contribution in [0.5, 0.6) is 0 Å².